The van der Waals surface area contributed by atoms with E-state index in [1.54, 1.807) is 29.2 Å². The molecular weight excluding hydrogens is 356 g/mol. The molecule has 2 aromatic rings. The van der Waals surface area contributed by atoms with E-state index in [0.29, 0.717) is 30.5 Å². The second-order valence-electron chi connectivity index (χ2n) is 5.77. The summed E-state index contributed by atoms with van der Waals surface area (Å²) < 4.78 is 10.4. The van der Waals surface area contributed by atoms with Gasteiger partial charge in [0.2, 0.25) is 5.91 Å². The summed E-state index contributed by atoms with van der Waals surface area (Å²) in [5, 5.41) is 3.44. The maximum atomic E-state index is 12.0. The van der Waals surface area contributed by atoms with E-state index in [1.165, 1.54) is 0 Å². The van der Waals surface area contributed by atoms with Crippen LogP contribution in [0.4, 0.5) is 10.5 Å². The van der Waals surface area contributed by atoms with Crippen molar-refractivity contribution in [1.29, 1.82) is 0 Å². The number of hydrogen-bond donors (Lipinski definition) is 1. The van der Waals surface area contributed by atoms with Crippen LogP contribution in [0.15, 0.2) is 48.5 Å². The van der Waals surface area contributed by atoms with Gasteiger partial charge >= 0.3 is 6.09 Å². The summed E-state index contributed by atoms with van der Waals surface area (Å²) in [7, 11) is 0. The Balaban J connectivity index is 1.45. The van der Waals surface area contributed by atoms with Crippen LogP contribution in [0.3, 0.4) is 0 Å². The van der Waals surface area contributed by atoms with Crippen LogP contribution in [0.25, 0.3) is 0 Å². The van der Waals surface area contributed by atoms with Crippen molar-refractivity contribution in [3.05, 3.63) is 59.1 Å². The third-order valence-electron chi connectivity index (χ3n) is 3.87. The number of carbonyl (C=O) groups excluding carboxylic acids is 2. The van der Waals surface area contributed by atoms with Crippen LogP contribution in [-0.2, 0) is 16.1 Å². The highest BCUT2D eigenvalue weighted by Gasteiger charge is 2.23. The van der Waals surface area contributed by atoms with Gasteiger partial charge in [0.15, 0.2) is 0 Å². The highest BCUT2D eigenvalue weighted by Crippen LogP contribution is 2.20. The molecule has 1 aliphatic heterocycles. The number of amides is 2. The van der Waals surface area contributed by atoms with E-state index >= 15 is 0 Å². The normalized spacial score (nSPS) is 13.4. The Morgan fingerprint density at radius 3 is 2.85 bits per heavy atom. The molecule has 1 aliphatic rings. The molecule has 26 heavy (non-hydrogen) atoms. The van der Waals surface area contributed by atoms with Gasteiger partial charge in [0.1, 0.15) is 12.4 Å². The zero-order valence-electron chi connectivity index (χ0n) is 14.1. The number of carbonyl (C=O) groups is 2. The molecule has 1 heterocycles. The number of hydrogen-bond acceptors (Lipinski definition) is 4. The minimum absolute atomic E-state index is 0.113. The van der Waals surface area contributed by atoms with Gasteiger partial charge in [-0.15, -0.1) is 0 Å². The van der Waals surface area contributed by atoms with Gasteiger partial charge in [-0.05, 0) is 35.9 Å². The molecule has 0 aromatic heterocycles. The minimum atomic E-state index is -0.343. The van der Waals surface area contributed by atoms with E-state index in [0.717, 1.165) is 11.3 Å². The summed E-state index contributed by atoms with van der Waals surface area (Å²) >= 11 is 5.88. The quantitative estimate of drug-likeness (QED) is 0.806. The number of nitrogens with one attached hydrogen (secondary N) is 1. The van der Waals surface area contributed by atoms with E-state index in [2.05, 4.69) is 5.32 Å². The van der Waals surface area contributed by atoms with Crippen molar-refractivity contribution in [3.63, 3.8) is 0 Å². The van der Waals surface area contributed by atoms with Crippen LogP contribution in [0, 0.1) is 0 Å². The van der Waals surface area contributed by atoms with E-state index in [4.69, 9.17) is 21.1 Å². The number of halogens is 1. The summed E-state index contributed by atoms with van der Waals surface area (Å²) in [6, 6.07) is 14.5. The SMILES string of the molecule is O=C(CCOc1cccc(Cl)c1)NCc1cccc(N2CCOC2=O)c1. The van der Waals surface area contributed by atoms with Gasteiger partial charge in [0.05, 0.1) is 19.6 Å². The lowest BCUT2D eigenvalue weighted by atomic mass is 10.2. The van der Waals surface area contributed by atoms with Crippen molar-refractivity contribution in [2.45, 2.75) is 13.0 Å². The predicted octanol–water partition coefficient (Wildman–Crippen LogP) is 3.38. The van der Waals surface area contributed by atoms with Crippen LogP contribution in [0.2, 0.25) is 5.02 Å². The molecule has 0 saturated carbocycles. The molecule has 0 aliphatic carbocycles. The Hall–Kier alpha value is -2.73. The van der Waals surface area contributed by atoms with Crippen molar-refractivity contribution in [2.24, 2.45) is 0 Å². The molecular formula is C19H19ClN2O4. The summed E-state index contributed by atoms with van der Waals surface area (Å²) in [6.45, 7) is 1.58. The fraction of sp³-hybridized carbons (Fsp3) is 0.263. The van der Waals surface area contributed by atoms with Gasteiger partial charge in [-0.1, -0.05) is 29.8 Å². The zero-order valence-corrected chi connectivity index (χ0v) is 14.9. The number of nitrogens with zero attached hydrogens (tertiary/aromatic N) is 1. The fourth-order valence-electron chi connectivity index (χ4n) is 2.57. The average molecular weight is 375 g/mol. The summed E-state index contributed by atoms with van der Waals surface area (Å²) in [6.07, 6.45) is -0.102. The largest absolute Gasteiger partial charge is 0.493 e. The highest BCUT2D eigenvalue weighted by atomic mass is 35.5. The number of anilines is 1. The summed E-state index contributed by atoms with van der Waals surface area (Å²) in [5.41, 5.74) is 1.68. The molecule has 0 radical (unpaired) electrons. The second kappa shape index (κ2) is 8.58. The molecule has 3 rings (SSSR count). The third kappa shape index (κ3) is 4.89. The summed E-state index contributed by atoms with van der Waals surface area (Å²) in [4.78, 5) is 25.2. The Bertz CT molecular complexity index is 797. The number of rotatable bonds is 7. The van der Waals surface area contributed by atoms with Crippen LogP contribution < -0.4 is 15.0 Å². The standard InChI is InChI=1S/C19H19ClN2O4/c20-15-4-2-6-17(12-15)25-9-7-18(23)21-13-14-3-1-5-16(11-14)22-8-10-26-19(22)24/h1-6,11-12H,7-10,13H2,(H,21,23). The van der Waals surface area contributed by atoms with Crippen molar-refractivity contribution < 1.29 is 19.1 Å². The van der Waals surface area contributed by atoms with Gasteiger partial charge in [0.25, 0.3) is 0 Å². The smallest absolute Gasteiger partial charge is 0.414 e. The highest BCUT2D eigenvalue weighted by molar-refractivity contribution is 6.30. The summed E-state index contributed by atoms with van der Waals surface area (Å²) in [5.74, 6) is 0.522. The lowest BCUT2D eigenvalue weighted by Gasteiger charge is -2.14. The van der Waals surface area contributed by atoms with Gasteiger partial charge in [-0.3, -0.25) is 9.69 Å². The Morgan fingerprint density at radius 1 is 1.23 bits per heavy atom. The fourth-order valence-corrected chi connectivity index (χ4v) is 2.75. The van der Waals surface area contributed by atoms with Gasteiger partial charge in [0, 0.05) is 17.3 Å². The maximum absolute atomic E-state index is 12.0. The van der Waals surface area contributed by atoms with Crippen molar-refractivity contribution in [1.82, 2.24) is 5.32 Å². The van der Waals surface area contributed by atoms with Crippen LogP contribution in [-0.4, -0.2) is 31.8 Å². The first-order valence-corrected chi connectivity index (χ1v) is 8.68. The first-order chi connectivity index (χ1) is 12.6. The molecule has 0 unspecified atom stereocenters. The molecule has 1 saturated heterocycles. The minimum Gasteiger partial charge on any atom is -0.493 e. The van der Waals surface area contributed by atoms with Crippen molar-refractivity contribution in [2.75, 3.05) is 24.7 Å². The molecule has 2 aromatic carbocycles. The van der Waals surface area contributed by atoms with E-state index in [1.807, 2.05) is 24.3 Å². The van der Waals surface area contributed by atoms with E-state index in [-0.39, 0.29) is 25.0 Å². The van der Waals surface area contributed by atoms with Gasteiger partial charge in [-0.25, -0.2) is 4.79 Å². The lowest BCUT2D eigenvalue weighted by molar-refractivity contribution is -0.121. The molecule has 0 bridgehead atoms. The van der Waals surface area contributed by atoms with Crippen molar-refractivity contribution >= 4 is 29.3 Å². The molecule has 1 fully saturated rings. The van der Waals surface area contributed by atoms with E-state index < -0.39 is 0 Å². The Labute approximate surface area is 156 Å². The first-order valence-electron chi connectivity index (χ1n) is 8.30. The van der Waals surface area contributed by atoms with Crippen LogP contribution >= 0.6 is 11.6 Å². The average Bonchev–Trinajstić information content (AvgIpc) is 3.06. The first kappa shape index (κ1) is 18.1. The predicted molar refractivity (Wildman–Crippen MR) is 98.5 cm³/mol. The third-order valence-corrected chi connectivity index (χ3v) is 4.10. The number of benzene rings is 2. The van der Waals surface area contributed by atoms with Crippen molar-refractivity contribution in [3.8, 4) is 5.75 Å². The second-order valence-corrected chi connectivity index (χ2v) is 6.20. The molecule has 136 valence electrons. The molecule has 2 amide bonds. The van der Waals surface area contributed by atoms with Gasteiger partial charge in [-0.2, -0.15) is 0 Å². The molecule has 6 nitrogen and oxygen atoms in total. The number of cyclic esters (lactones) is 1. The van der Waals surface area contributed by atoms with E-state index in [9.17, 15) is 9.59 Å². The Morgan fingerprint density at radius 2 is 2.08 bits per heavy atom. The monoisotopic (exact) mass is 374 g/mol. The topological polar surface area (TPSA) is 67.9 Å². The molecule has 0 atom stereocenters. The van der Waals surface area contributed by atoms with Crippen LogP contribution in [0.1, 0.15) is 12.0 Å². The lowest BCUT2D eigenvalue weighted by Crippen LogP contribution is -2.25. The molecule has 1 N–H and O–H groups in total. The zero-order chi connectivity index (χ0) is 18.4. The molecule has 7 heteroatoms. The molecule has 0 spiro atoms. The maximum Gasteiger partial charge on any atom is 0.414 e. The van der Waals surface area contributed by atoms with Crippen LogP contribution in [0.5, 0.6) is 5.75 Å². The van der Waals surface area contributed by atoms with Gasteiger partial charge < -0.3 is 14.8 Å². The number of ether oxygens (including phenoxy) is 2. The Kier molecular flexibility index (Phi) is 5.96.